The first-order chi connectivity index (χ1) is 14.1. The van der Waals surface area contributed by atoms with Crippen molar-refractivity contribution in [3.05, 3.63) is 50.7 Å². The first-order valence-electron chi connectivity index (χ1n) is 10.3. The lowest BCUT2D eigenvalue weighted by Crippen LogP contribution is -2.28. The number of thioether (sulfide) groups is 1. The Morgan fingerprint density at radius 1 is 1.31 bits per heavy atom. The molecule has 1 unspecified atom stereocenters. The molecule has 3 aromatic rings. The lowest BCUT2D eigenvalue weighted by Gasteiger charge is -2.16. The van der Waals surface area contributed by atoms with Gasteiger partial charge in [-0.2, -0.15) is 0 Å². The molecule has 4 rings (SSSR count). The van der Waals surface area contributed by atoms with Crippen molar-refractivity contribution < 1.29 is 4.74 Å². The number of benzene rings is 1. The normalized spacial score (nSPS) is 16.9. The van der Waals surface area contributed by atoms with Gasteiger partial charge in [-0.15, -0.1) is 11.3 Å². The highest BCUT2D eigenvalue weighted by molar-refractivity contribution is 7.98. The molecule has 1 saturated heterocycles. The third-order valence-electron chi connectivity index (χ3n) is 5.12. The van der Waals surface area contributed by atoms with Crippen LogP contribution in [0, 0.1) is 5.92 Å². The number of para-hydroxylation sites is 1. The molecule has 2 aromatic heterocycles. The molecule has 1 fully saturated rings. The van der Waals surface area contributed by atoms with E-state index in [4.69, 9.17) is 14.7 Å². The first-order valence-corrected chi connectivity index (χ1v) is 12.1. The Morgan fingerprint density at radius 2 is 2.17 bits per heavy atom. The highest BCUT2D eigenvalue weighted by Gasteiger charge is 2.20. The zero-order chi connectivity index (χ0) is 20.2. The smallest absolute Gasteiger partial charge is 0.262 e. The van der Waals surface area contributed by atoms with Gasteiger partial charge in [0.1, 0.15) is 0 Å². The fourth-order valence-electron chi connectivity index (χ4n) is 3.49. The summed E-state index contributed by atoms with van der Waals surface area (Å²) < 4.78 is 7.58. The van der Waals surface area contributed by atoms with E-state index in [0.29, 0.717) is 23.6 Å². The summed E-state index contributed by atoms with van der Waals surface area (Å²) in [4.78, 5) is 22.7. The quantitative estimate of drug-likeness (QED) is 0.376. The van der Waals surface area contributed by atoms with Crippen molar-refractivity contribution in [2.24, 2.45) is 5.92 Å². The summed E-state index contributed by atoms with van der Waals surface area (Å²) in [6.45, 7) is 5.82. The van der Waals surface area contributed by atoms with Gasteiger partial charge >= 0.3 is 0 Å². The molecular weight excluding hydrogens is 402 g/mol. The van der Waals surface area contributed by atoms with Crippen LogP contribution >= 0.6 is 23.1 Å². The second-order valence-electron chi connectivity index (χ2n) is 7.92. The molecule has 1 atom stereocenters. The van der Waals surface area contributed by atoms with E-state index in [-0.39, 0.29) is 11.7 Å². The number of hydrogen-bond acceptors (Lipinski definition) is 6. The predicted molar refractivity (Wildman–Crippen MR) is 120 cm³/mol. The Labute approximate surface area is 179 Å². The summed E-state index contributed by atoms with van der Waals surface area (Å²) in [6, 6.07) is 7.58. The van der Waals surface area contributed by atoms with E-state index in [1.165, 1.54) is 5.01 Å². The van der Waals surface area contributed by atoms with Crippen LogP contribution in [0.3, 0.4) is 0 Å². The number of fused-ring (bicyclic) bond motifs is 1. The Bertz CT molecular complexity index is 1020. The van der Waals surface area contributed by atoms with Gasteiger partial charge in [-0.3, -0.25) is 9.36 Å². The summed E-state index contributed by atoms with van der Waals surface area (Å²) in [5.74, 6) is 1.40. The number of ether oxygens (including phenoxy) is 1. The van der Waals surface area contributed by atoms with Gasteiger partial charge in [0, 0.05) is 17.7 Å². The van der Waals surface area contributed by atoms with E-state index in [1.807, 2.05) is 24.3 Å². The summed E-state index contributed by atoms with van der Waals surface area (Å²) in [5, 5.41) is 4.74. The van der Waals surface area contributed by atoms with Crippen LogP contribution in [-0.4, -0.2) is 27.2 Å². The number of thiazole rings is 1. The van der Waals surface area contributed by atoms with Crippen LogP contribution < -0.4 is 5.56 Å². The molecule has 1 aliphatic heterocycles. The molecule has 0 N–H and O–H groups in total. The monoisotopic (exact) mass is 429 g/mol. The lowest BCUT2D eigenvalue weighted by molar-refractivity contribution is 0.0937. The predicted octanol–water partition coefficient (Wildman–Crippen LogP) is 4.91. The van der Waals surface area contributed by atoms with Crippen LogP contribution in [0.2, 0.25) is 0 Å². The standard InChI is InChI=1S/C22H27N3O2S2/c1-15(2)9-10-20-23-16(13-28-20)14-29-22-24-19-8-4-3-7-18(19)21(26)25(22)12-17-6-5-11-27-17/h3-4,7-8,13,15,17H,5-6,9-12,14H2,1-2H3. The number of nitrogens with zero attached hydrogens (tertiary/aromatic N) is 3. The Morgan fingerprint density at radius 3 is 2.97 bits per heavy atom. The number of hydrogen-bond donors (Lipinski definition) is 0. The van der Waals surface area contributed by atoms with Crippen molar-refractivity contribution in [3.8, 4) is 0 Å². The van der Waals surface area contributed by atoms with E-state index in [2.05, 4.69) is 19.2 Å². The minimum Gasteiger partial charge on any atom is -0.376 e. The number of rotatable bonds is 8. The van der Waals surface area contributed by atoms with Gasteiger partial charge in [-0.25, -0.2) is 9.97 Å². The summed E-state index contributed by atoms with van der Waals surface area (Å²) in [7, 11) is 0. The van der Waals surface area contributed by atoms with E-state index in [0.717, 1.165) is 48.7 Å². The number of aryl methyl sites for hydroxylation is 1. The van der Waals surface area contributed by atoms with E-state index >= 15 is 0 Å². The van der Waals surface area contributed by atoms with Gasteiger partial charge in [0.2, 0.25) is 0 Å². The molecule has 29 heavy (non-hydrogen) atoms. The zero-order valence-corrected chi connectivity index (χ0v) is 18.6. The zero-order valence-electron chi connectivity index (χ0n) is 17.0. The fraction of sp³-hybridized carbons (Fsp3) is 0.500. The van der Waals surface area contributed by atoms with Crippen molar-refractivity contribution in [1.82, 2.24) is 14.5 Å². The third-order valence-corrected chi connectivity index (χ3v) is 7.09. The van der Waals surface area contributed by atoms with Gasteiger partial charge in [-0.1, -0.05) is 37.7 Å². The highest BCUT2D eigenvalue weighted by atomic mass is 32.2. The fourth-order valence-corrected chi connectivity index (χ4v) is 5.31. The molecule has 0 bridgehead atoms. The Balaban J connectivity index is 1.56. The van der Waals surface area contributed by atoms with Gasteiger partial charge in [0.15, 0.2) is 5.16 Å². The maximum Gasteiger partial charge on any atom is 0.262 e. The molecule has 0 saturated carbocycles. The van der Waals surface area contributed by atoms with Gasteiger partial charge < -0.3 is 4.74 Å². The molecule has 1 aliphatic rings. The van der Waals surface area contributed by atoms with E-state index in [1.54, 1.807) is 27.7 Å². The molecular formula is C22H27N3O2S2. The maximum atomic E-state index is 13.1. The third kappa shape index (κ3) is 5.08. The molecule has 0 spiro atoms. The molecule has 3 heterocycles. The van der Waals surface area contributed by atoms with Crippen molar-refractivity contribution in [3.63, 3.8) is 0 Å². The topological polar surface area (TPSA) is 57.0 Å². The number of aromatic nitrogens is 3. The molecule has 0 aliphatic carbocycles. The van der Waals surface area contributed by atoms with Crippen molar-refractivity contribution in [1.29, 1.82) is 0 Å². The van der Waals surface area contributed by atoms with Crippen LogP contribution in [0.1, 0.15) is 43.8 Å². The summed E-state index contributed by atoms with van der Waals surface area (Å²) >= 11 is 3.32. The first kappa shape index (κ1) is 20.6. The Kier molecular flexibility index (Phi) is 6.67. The molecule has 0 radical (unpaired) electrons. The van der Waals surface area contributed by atoms with Crippen molar-refractivity contribution >= 4 is 34.0 Å². The van der Waals surface area contributed by atoms with Crippen LogP contribution in [0.4, 0.5) is 0 Å². The maximum absolute atomic E-state index is 13.1. The van der Waals surface area contributed by atoms with Crippen LogP contribution in [0.25, 0.3) is 10.9 Å². The lowest BCUT2D eigenvalue weighted by atomic mass is 10.1. The molecule has 5 nitrogen and oxygen atoms in total. The summed E-state index contributed by atoms with van der Waals surface area (Å²) in [5.41, 5.74) is 1.83. The van der Waals surface area contributed by atoms with E-state index < -0.39 is 0 Å². The highest BCUT2D eigenvalue weighted by Crippen LogP contribution is 2.25. The van der Waals surface area contributed by atoms with Crippen molar-refractivity contribution in [2.75, 3.05) is 6.61 Å². The minimum absolute atomic E-state index is 0.0181. The molecule has 154 valence electrons. The molecule has 1 aromatic carbocycles. The average molecular weight is 430 g/mol. The van der Waals surface area contributed by atoms with E-state index in [9.17, 15) is 4.79 Å². The van der Waals surface area contributed by atoms with Crippen LogP contribution in [0.15, 0.2) is 39.6 Å². The van der Waals surface area contributed by atoms with Gasteiger partial charge in [0.05, 0.1) is 34.3 Å². The second kappa shape index (κ2) is 9.41. The second-order valence-corrected chi connectivity index (χ2v) is 9.80. The Hall–Kier alpha value is -1.70. The van der Waals surface area contributed by atoms with Gasteiger partial charge in [0.25, 0.3) is 5.56 Å². The van der Waals surface area contributed by atoms with Crippen molar-refractivity contribution in [2.45, 2.75) is 63.1 Å². The summed E-state index contributed by atoms with van der Waals surface area (Å²) in [6.07, 6.45) is 4.34. The minimum atomic E-state index is 0.0181. The van der Waals surface area contributed by atoms with Crippen LogP contribution in [0.5, 0.6) is 0 Å². The largest absolute Gasteiger partial charge is 0.376 e. The van der Waals surface area contributed by atoms with Gasteiger partial charge in [-0.05, 0) is 43.7 Å². The molecule has 0 amide bonds. The van der Waals surface area contributed by atoms with Crippen LogP contribution in [-0.2, 0) is 23.5 Å². The molecule has 7 heteroatoms. The SMILES string of the molecule is CC(C)CCc1nc(CSc2nc3ccccc3c(=O)n2CC2CCCO2)cs1. The average Bonchev–Trinajstić information content (AvgIpc) is 3.39.